The van der Waals surface area contributed by atoms with Crippen LogP contribution in [-0.4, -0.2) is 16.0 Å². The number of nitro benzene ring substituents is 1. The second-order valence-electron chi connectivity index (χ2n) is 4.26. The highest BCUT2D eigenvalue weighted by Crippen LogP contribution is 2.34. The standard InChI is InChI=1S/C14H10FNO5/c1-8-2-4-10(15)7-12(8)21-13-6-9(14(17)18)3-5-11(13)16(19)20/h2-7H,1H3,(H,17,18). The average molecular weight is 291 g/mol. The van der Waals surface area contributed by atoms with E-state index in [4.69, 9.17) is 9.84 Å². The summed E-state index contributed by atoms with van der Waals surface area (Å²) >= 11 is 0. The molecule has 21 heavy (non-hydrogen) atoms. The molecule has 0 saturated carbocycles. The zero-order chi connectivity index (χ0) is 15.6. The van der Waals surface area contributed by atoms with Gasteiger partial charge in [0.1, 0.15) is 11.6 Å². The van der Waals surface area contributed by atoms with E-state index in [1.807, 2.05) is 0 Å². The van der Waals surface area contributed by atoms with Gasteiger partial charge in [-0.25, -0.2) is 9.18 Å². The minimum absolute atomic E-state index is 0.0839. The Morgan fingerprint density at radius 2 is 1.95 bits per heavy atom. The highest BCUT2D eigenvalue weighted by molar-refractivity contribution is 5.88. The fourth-order valence-electron chi connectivity index (χ4n) is 1.68. The lowest BCUT2D eigenvalue weighted by molar-refractivity contribution is -0.385. The van der Waals surface area contributed by atoms with Gasteiger partial charge in [0, 0.05) is 18.2 Å². The maximum atomic E-state index is 13.2. The molecule has 0 aliphatic rings. The number of benzene rings is 2. The summed E-state index contributed by atoms with van der Waals surface area (Å²) in [7, 11) is 0. The van der Waals surface area contributed by atoms with Crippen LogP contribution in [-0.2, 0) is 0 Å². The van der Waals surface area contributed by atoms with Gasteiger partial charge >= 0.3 is 11.7 Å². The second-order valence-corrected chi connectivity index (χ2v) is 4.26. The first kappa shape index (κ1) is 14.4. The van der Waals surface area contributed by atoms with Crippen LogP contribution < -0.4 is 4.74 Å². The maximum absolute atomic E-state index is 13.2. The molecule has 0 radical (unpaired) electrons. The number of rotatable bonds is 4. The lowest BCUT2D eigenvalue weighted by Gasteiger charge is -2.09. The smallest absolute Gasteiger partial charge is 0.335 e. The summed E-state index contributed by atoms with van der Waals surface area (Å²) in [5, 5.41) is 19.9. The predicted molar refractivity (Wildman–Crippen MR) is 71.3 cm³/mol. The van der Waals surface area contributed by atoms with E-state index in [2.05, 4.69) is 0 Å². The van der Waals surface area contributed by atoms with Crippen LogP contribution >= 0.6 is 0 Å². The molecule has 0 amide bonds. The van der Waals surface area contributed by atoms with E-state index < -0.39 is 22.4 Å². The summed E-state index contributed by atoms with van der Waals surface area (Å²) < 4.78 is 18.5. The molecule has 0 aromatic heterocycles. The van der Waals surface area contributed by atoms with Crippen LogP contribution in [0.1, 0.15) is 15.9 Å². The molecule has 2 aromatic carbocycles. The van der Waals surface area contributed by atoms with E-state index in [-0.39, 0.29) is 17.1 Å². The minimum atomic E-state index is -1.24. The van der Waals surface area contributed by atoms with Crippen molar-refractivity contribution in [3.8, 4) is 11.5 Å². The topological polar surface area (TPSA) is 89.7 Å². The Kier molecular flexibility index (Phi) is 3.84. The summed E-state index contributed by atoms with van der Waals surface area (Å²) in [6.45, 7) is 1.64. The molecule has 1 N–H and O–H groups in total. The van der Waals surface area contributed by atoms with E-state index >= 15 is 0 Å². The number of carboxylic acids is 1. The van der Waals surface area contributed by atoms with E-state index in [1.165, 1.54) is 12.1 Å². The van der Waals surface area contributed by atoms with Gasteiger partial charge in [-0.15, -0.1) is 0 Å². The molecular weight excluding hydrogens is 281 g/mol. The van der Waals surface area contributed by atoms with Crippen molar-refractivity contribution in [3.63, 3.8) is 0 Å². The van der Waals surface area contributed by atoms with Gasteiger partial charge in [-0.1, -0.05) is 6.07 Å². The first-order valence-corrected chi connectivity index (χ1v) is 5.84. The third-order valence-corrected chi connectivity index (χ3v) is 2.77. The van der Waals surface area contributed by atoms with E-state index in [9.17, 15) is 19.3 Å². The van der Waals surface area contributed by atoms with Gasteiger partial charge in [-0.2, -0.15) is 0 Å². The Labute approximate surface area is 118 Å². The maximum Gasteiger partial charge on any atom is 0.335 e. The van der Waals surface area contributed by atoms with Gasteiger partial charge in [-0.3, -0.25) is 10.1 Å². The van der Waals surface area contributed by atoms with E-state index in [0.717, 1.165) is 24.3 Å². The largest absolute Gasteiger partial charge is 0.478 e. The molecule has 0 unspecified atom stereocenters. The second kappa shape index (κ2) is 5.58. The Bertz CT molecular complexity index is 729. The number of carboxylic acid groups (broad SMARTS) is 1. The summed E-state index contributed by atoms with van der Waals surface area (Å²) in [6, 6.07) is 6.93. The van der Waals surface area contributed by atoms with Gasteiger partial charge in [0.25, 0.3) is 0 Å². The van der Waals surface area contributed by atoms with Crippen molar-refractivity contribution in [2.45, 2.75) is 6.92 Å². The highest BCUT2D eigenvalue weighted by atomic mass is 19.1. The molecule has 0 bridgehead atoms. The molecule has 0 fully saturated rings. The molecule has 0 spiro atoms. The van der Waals surface area contributed by atoms with Crippen molar-refractivity contribution in [3.05, 3.63) is 63.5 Å². The molecule has 0 atom stereocenters. The van der Waals surface area contributed by atoms with Gasteiger partial charge in [0.05, 0.1) is 10.5 Å². The van der Waals surface area contributed by atoms with Crippen molar-refractivity contribution in [2.75, 3.05) is 0 Å². The van der Waals surface area contributed by atoms with Gasteiger partial charge in [0.2, 0.25) is 5.75 Å². The van der Waals surface area contributed by atoms with Crippen LogP contribution in [0.25, 0.3) is 0 Å². The number of nitrogens with zero attached hydrogens (tertiary/aromatic N) is 1. The lowest BCUT2D eigenvalue weighted by atomic mass is 10.2. The van der Waals surface area contributed by atoms with E-state index in [0.29, 0.717) is 5.56 Å². The minimum Gasteiger partial charge on any atom is -0.478 e. The van der Waals surface area contributed by atoms with Gasteiger partial charge in [0.15, 0.2) is 0 Å². The molecule has 0 aliphatic carbocycles. The molecule has 0 aliphatic heterocycles. The summed E-state index contributed by atoms with van der Waals surface area (Å²) in [6.07, 6.45) is 0. The quantitative estimate of drug-likeness (QED) is 0.687. The Morgan fingerprint density at radius 3 is 2.57 bits per heavy atom. The molecule has 2 aromatic rings. The summed E-state index contributed by atoms with van der Waals surface area (Å²) in [5.74, 6) is -1.98. The molecule has 7 heteroatoms. The number of hydrogen-bond acceptors (Lipinski definition) is 4. The van der Waals surface area contributed by atoms with Crippen LogP contribution in [0.4, 0.5) is 10.1 Å². The third-order valence-electron chi connectivity index (χ3n) is 2.77. The van der Waals surface area contributed by atoms with Crippen LogP contribution in [0.5, 0.6) is 11.5 Å². The van der Waals surface area contributed by atoms with Crippen molar-refractivity contribution < 1.29 is 24.0 Å². The zero-order valence-electron chi connectivity index (χ0n) is 10.9. The van der Waals surface area contributed by atoms with Gasteiger partial charge in [-0.05, 0) is 24.6 Å². The van der Waals surface area contributed by atoms with Crippen molar-refractivity contribution >= 4 is 11.7 Å². The van der Waals surface area contributed by atoms with Crippen molar-refractivity contribution in [1.29, 1.82) is 0 Å². The van der Waals surface area contributed by atoms with Crippen LogP contribution in [0.15, 0.2) is 36.4 Å². The zero-order valence-corrected chi connectivity index (χ0v) is 10.9. The number of aromatic carboxylic acids is 1. The molecule has 2 rings (SSSR count). The number of carbonyl (C=O) groups is 1. The highest BCUT2D eigenvalue weighted by Gasteiger charge is 2.19. The number of ether oxygens (including phenoxy) is 1. The van der Waals surface area contributed by atoms with Crippen LogP contribution in [0.2, 0.25) is 0 Å². The van der Waals surface area contributed by atoms with Crippen LogP contribution in [0, 0.1) is 22.9 Å². The first-order chi connectivity index (χ1) is 9.88. The number of nitro groups is 1. The number of aryl methyl sites for hydroxylation is 1. The fourth-order valence-corrected chi connectivity index (χ4v) is 1.68. The molecule has 0 saturated heterocycles. The SMILES string of the molecule is Cc1ccc(F)cc1Oc1cc(C(=O)O)ccc1[N+](=O)[O-]. The third kappa shape index (κ3) is 3.14. The lowest BCUT2D eigenvalue weighted by Crippen LogP contribution is -2.00. The van der Waals surface area contributed by atoms with E-state index in [1.54, 1.807) is 6.92 Å². The monoisotopic (exact) mass is 291 g/mol. The van der Waals surface area contributed by atoms with Gasteiger partial charge < -0.3 is 9.84 Å². The Balaban J connectivity index is 2.50. The number of halogens is 1. The fraction of sp³-hybridized carbons (Fsp3) is 0.0714. The van der Waals surface area contributed by atoms with Crippen molar-refractivity contribution in [1.82, 2.24) is 0 Å². The Morgan fingerprint density at radius 1 is 1.24 bits per heavy atom. The average Bonchev–Trinajstić information content (AvgIpc) is 2.42. The molecular formula is C14H10FNO5. The summed E-state index contributed by atoms with van der Waals surface area (Å²) in [4.78, 5) is 21.2. The first-order valence-electron chi connectivity index (χ1n) is 5.84. The normalized spacial score (nSPS) is 10.2. The van der Waals surface area contributed by atoms with Crippen molar-refractivity contribution in [2.24, 2.45) is 0 Å². The van der Waals surface area contributed by atoms with Crippen LogP contribution in [0.3, 0.4) is 0 Å². The predicted octanol–water partition coefficient (Wildman–Crippen LogP) is 3.53. The molecule has 6 nitrogen and oxygen atoms in total. The number of hydrogen-bond donors (Lipinski definition) is 1. The molecule has 108 valence electrons. The Hall–Kier alpha value is -2.96. The summed E-state index contributed by atoms with van der Waals surface area (Å²) in [5.41, 5.74) is -0.000238. The molecule has 0 heterocycles.